The first-order chi connectivity index (χ1) is 8.57. The standard InChI is InChI=1S/C15H20N2O/c1-4-12-8-6-7-9-13(12)10-17-14(18)15(3,5-2)11-16/h6-9H,4-5,10H2,1-3H3,(H,17,18). The Morgan fingerprint density at radius 3 is 2.44 bits per heavy atom. The monoisotopic (exact) mass is 244 g/mol. The molecule has 1 atom stereocenters. The highest BCUT2D eigenvalue weighted by molar-refractivity contribution is 5.84. The van der Waals surface area contributed by atoms with E-state index < -0.39 is 5.41 Å². The van der Waals surface area contributed by atoms with E-state index in [-0.39, 0.29) is 5.91 Å². The number of aryl methyl sites for hydroxylation is 1. The average molecular weight is 244 g/mol. The summed E-state index contributed by atoms with van der Waals surface area (Å²) < 4.78 is 0. The van der Waals surface area contributed by atoms with Gasteiger partial charge in [0.1, 0.15) is 5.41 Å². The molecule has 0 bridgehead atoms. The molecule has 1 aromatic carbocycles. The number of hydrogen-bond acceptors (Lipinski definition) is 2. The van der Waals surface area contributed by atoms with Gasteiger partial charge in [-0.25, -0.2) is 0 Å². The summed E-state index contributed by atoms with van der Waals surface area (Å²) in [5.74, 6) is -0.196. The van der Waals surface area contributed by atoms with Crippen LogP contribution in [0.1, 0.15) is 38.3 Å². The lowest BCUT2D eigenvalue weighted by molar-refractivity contribution is -0.127. The number of rotatable bonds is 5. The summed E-state index contributed by atoms with van der Waals surface area (Å²) in [6.07, 6.45) is 1.46. The van der Waals surface area contributed by atoms with E-state index in [0.29, 0.717) is 13.0 Å². The minimum absolute atomic E-state index is 0.196. The van der Waals surface area contributed by atoms with Crippen LogP contribution in [0.5, 0.6) is 0 Å². The van der Waals surface area contributed by atoms with E-state index in [0.717, 1.165) is 12.0 Å². The molecule has 0 aromatic heterocycles. The van der Waals surface area contributed by atoms with Gasteiger partial charge in [0, 0.05) is 6.54 Å². The van der Waals surface area contributed by atoms with Crippen LogP contribution in [0, 0.1) is 16.7 Å². The van der Waals surface area contributed by atoms with Crippen LogP contribution >= 0.6 is 0 Å². The molecule has 3 nitrogen and oxygen atoms in total. The molecule has 1 aromatic rings. The Kier molecular flexibility index (Phi) is 4.91. The number of hydrogen-bond donors (Lipinski definition) is 1. The molecule has 0 heterocycles. The highest BCUT2D eigenvalue weighted by Crippen LogP contribution is 2.20. The third kappa shape index (κ3) is 3.10. The second kappa shape index (κ2) is 6.20. The van der Waals surface area contributed by atoms with Gasteiger partial charge in [0.05, 0.1) is 6.07 Å². The van der Waals surface area contributed by atoms with Gasteiger partial charge in [0.2, 0.25) is 5.91 Å². The Labute approximate surface area is 109 Å². The lowest BCUT2D eigenvalue weighted by Gasteiger charge is -2.19. The summed E-state index contributed by atoms with van der Waals surface area (Å²) in [6, 6.07) is 10.1. The first-order valence-electron chi connectivity index (χ1n) is 6.33. The molecule has 96 valence electrons. The number of nitrogens with zero attached hydrogens (tertiary/aromatic N) is 1. The van der Waals surface area contributed by atoms with Crippen molar-refractivity contribution in [1.29, 1.82) is 5.26 Å². The van der Waals surface area contributed by atoms with Crippen LogP contribution < -0.4 is 5.32 Å². The molecule has 1 amide bonds. The van der Waals surface area contributed by atoms with E-state index in [1.807, 2.05) is 25.1 Å². The van der Waals surface area contributed by atoms with E-state index in [9.17, 15) is 4.79 Å². The summed E-state index contributed by atoms with van der Waals surface area (Å²) in [7, 11) is 0. The predicted molar refractivity (Wildman–Crippen MR) is 71.7 cm³/mol. The lowest BCUT2D eigenvalue weighted by Crippen LogP contribution is -2.37. The highest BCUT2D eigenvalue weighted by atomic mass is 16.2. The number of amides is 1. The summed E-state index contributed by atoms with van der Waals surface area (Å²) in [6.45, 7) is 6.10. The molecule has 0 spiro atoms. The predicted octanol–water partition coefficient (Wildman–Crippen LogP) is 2.81. The molecule has 3 heteroatoms. The SMILES string of the molecule is CCc1ccccc1CNC(=O)C(C)(C#N)CC. The third-order valence-electron chi connectivity index (χ3n) is 3.39. The summed E-state index contributed by atoms with van der Waals surface area (Å²) in [4.78, 5) is 12.0. The normalized spacial score (nSPS) is 13.4. The Morgan fingerprint density at radius 1 is 1.33 bits per heavy atom. The van der Waals surface area contributed by atoms with Crippen molar-refractivity contribution in [2.24, 2.45) is 5.41 Å². The van der Waals surface area contributed by atoms with E-state index >= 15 is 0 Å². The van der Waals surface area contributed by atoms with Crippen LogP contribution in [0.25, 0.3) is 0 Å². The van der Waals surface area contributed by atoms with Gasteiger partial charge < -0.3 is 5.32 Å². The van der Waals surface area contributed by atoms with Crippen molar-refractivity contribution < 1.29 is 4.79 Å². The maximum atomic E-state index is 12.0. The molecular weight excluding hydrogens is 224 g/mol. The molecular formula is C15H20N2O. The van der Waals surface area contributed by atoms with Crippen molar-refractivity contribution in [2.75, 3.05) is 0 Å². The van der Waals surface area contributed by atoms with Crippen molar-refractivity contribution in [3.63, 3.8) is 0 Å². The van der Waals surface area contributed by atoms with Gasteiger partial charge in [-0.2, -0.15) is 5.26 Å². The van der Waals surface area contributed by atoms with E-state index in [2.05, 4.69) is 24.4 Å². The minimum atomic E-state index is -0.929. The van der Waals surface area contributed by atoms with E-state index in [1.54, 1.807) is 6.92 Å². The zero-order valence-corrected chi connectivity index (χ0v) is 11.3. The van der Waals surface area contributed by atoms with Crippen LogP contribution in [-0.2, 0) is 17.8 Å². The molecule has 0 saturated carbocycles. The number of carbonyl (C=O) groups excluding carboxylic acids is 1. The maximum Gasteiger partial charge on any atom is 0.240 e. The zero-order valence-electron chi connectivity index (χ0n) is 11.3. The fourth-order valence-corrected chi connectivity index (χ4v) is 1.74. The summed E-state index contributed by atoms with van der Waals surface area (Å²) in [5, 5.41) is 11.9. The van der Waals surface area contributed by atoms with Crippen LogP contribution in [0.4, 0.5) is 0 Å². The molecule has 0 fully saturated rings. The van der Waals surface area contributed by atoms with Gasteiger partial charge in [-0.1, -0.05) is 38.1 Å². The molecule has 1 unspecified atom stereocenters. The zero-order chi connectivity index (χ0) is 13.6. The molecule has 18 heavy (non-hydrogen) atoms. The Morgan fingerprint density at radius 2 is 1.94 bits per heavy atom. The topological polar surface area (TPSA) is 52.9 Å². The van der Waals surface area contributed by atoms with Gasteiger partial charge in [-0.05, 0) is 30.9 Å². The second-order valence-electron chi connectivity index (χ2n) is 4.60. The minimum Gasteiger partial charge on any atom is -0.351 e. The Hall–Kier alpha value is -1.82. The number of carbonyl (C=O) groups is 1. The van der Waals surface area contributed by atoms with Gasteiger partial charge in [0.25, 0.3) is 0 Å². The number of nitrogens with one attached hydrogen (secondary N) is 1. The summed E-state index contributed by atoms with van der Waals surface area (Å²) >= 11 is 0. The quantitative estimate of drug-likeness (QED) is 0.866. The van der Waals surface area contributed by atoms with Crippen molar-refractivity contribution in [2.45, 2.75) is 40.2 Å². The van der Waals surface area contributed by atoms with Crippen LogP contribution in [0.15, 0.2) is 24.3 Å². The van der Waals surface area contributed by atoms with Gasteiger partial charge in [0.15, 0.2) is 0 Å². The van der Waals surface area contributed by atoms with Crippen LogP contribution in [-0.4, -0.2) is 5.91 Å². The van der Waals surface area contributed by atoms with Crippen LogP contribution in [0.3, 0.4) is 0 Å². The van der Waals surface area contributed by atoms with Crippen LogP contribution in [0.2, 0.25) is 0 Å². The fourth-order valence-electron chi connectivity index (χ4n) is 1.74. The smallest absolute Gasteiger partial charge is 0.240 e. The van der Waals surface area contributed by atoms with Crippen molar-refractivity contribution in [3.8, 4) is 6.07 Å². The van der Waals surface area contributed by atoms with Gasteiger partial charge in [-0.15, -0.1) is 0 Å². The second-order valence-corrected chi connectivity index (χ2v) is 4.60. The molecule has 0 radical (unpaired) electrons. The van der Waals surface area contributed by atoms with Gasteiger partial charge in [-0.3, -0.25) is 4.79 Å². The molecule has 0 aliphatic rings. The Balaban J connectivity index is 2.72. The molecule has 0 saturated heterocycles. The number of benzene rings is 1. The third-order valence-corrected chi connectivity index (χ3v) is 3.39. The summed E-state index contributed by atoms with van der Waals surface area (Å²) in [5.41, 5.74) is 1.42. The van der Waals surface area contributed by atoms with E-state index in [4.69, 9.17) is 5.26 Å². The molecule has 0 aliphatic carbocycles. The van der Waals surface area contributed by atoms with Crippen molar-refractivity contribution >= 4 is 5.91 Å². The van der Waals surface area contributed by atoms with Crippen molar-refractivity contribution in [3.05, 3.63) is 35.4 Å². The Bertz CT molecular complexity index is 462. The fraction of sp³-hybridized carbons (Fsp3) is 0.467. The van der Waals surface area contributed by atoms with Crippen molar-refractivity contribution in [1.82, 2.24) is 5.32 Å². The van der Waals surface area contributed by atoms with Gasteiger partial charge >= 0.3 is 0 Å². The highest BCUT2D eigenvalue weighted by Gasteiger charge is 2.30. The number of nitriles is 1. The molecule has 1 rings (SSSR count). The molecule has 1 N–H and O–H groups in total. The van der Waals surface area contributed by atoms with E-state index in [1.165, 1.54) is 5.56 Å². The largest absolute Gasteiger partial charge is 0.351 e. The average Bonchev–Trinajstić information content (AvgIpc) is 2.43. The lowest BCUT2D eigenvalue weighted by atomic mass is 9.88. The molecule has 0 aliphatic heterocycles. The maximum absolute atomic E-state index is 12.0. The first kappa shape index (κ1) is 14.2. The first-order valence-corrected chi connectivity index (χ1v) is 6.33.